The van der Waals surface area contributed by atoms with Crippen molar-refractivity contribution < 1.29 is 13.6 Å². The van der Waals surface area contributed by atoms with Crippen molar-refractivity contribution in [1.29, 1.82) is 5.26 Å². The van der Waals surface area contributed by atoms with Gasteiger partial charge in [0.2, 0.25) is 0 Å². The van der Waals surface area contributed by atoms with Crippen LogP contribution < -0.4 is 10.2 Å². The van der Waals surface area contributed by atoms with E-state index in [0.29, 0.717) is 35.2 Å². The molecular weight excluding hydrogens is 460 g/mol. The number of nitriles is 1. The zero-order valence-corrected chi connectivity index (χ0v) is 20.1. The maximum absolute atomic E-state index is 14.8. The number of aromatic nitrogens is 1. The van der Waals surface area contributed by atoms with E-state index in [1.54, 1.807) is 11.0 Å². The highest BCUT2D eigenvalue weighted by molar-refractivity contribution is 5.95. The highest BCUT2D eigenvalue weighted by Gasteiger charge is 2.40. The van der Waals surface area contributed by atoms with Crippen LogP contribution in [0.5, 0.6) is 0 Å². The van der Waals surface area contributed by atoms with Crippen LogP contribution in [-0.2, 0) is 11.2 Å². The molecule has 36 heavy (non-hydrogen) atoms. The summed E-state index contributed by atoms with van der Waals surface area (Å²) in [4.78, 5) is 20.0. The third-order valence-corrected chi connectivity index (χ3v) is 7.17. The first-order valence-corrected chi connectivity index (χ1v) is 12.3. The van der Waals surface area contributed by atoms with E-state index in [-0.39, 0.29) is 5.52 Å². The number of benzene rings is 2. The van der Waals surface area contributed by atoms with Crippen LogP contribution in [0.3, 0.4) is 0 Å². The lowest BCUT2D eigenvalue weighted by Crippen LogP contribution is -2.54. The van der Waals surface area contributed by atoms with Gasteiger partial charge in [-0.1, -0.05) is 19.4 Å². The first-order chi connectivity index (χ1) is 17.5. The van der Waals surface area contributed by atoms with Crippen molar-refractivity contribution in [2.75, 3.05) is 24.5 Å². The lowest BCUT2D eigenvalue weighted by atomic mass is 9.89. The van der Waals surface area contributed by atoms with Gasteiger partial charge >= 0.3 is 0 Å². The van der Waals surface area contributed by atoms with Crippen molar-refractivity contribution in [3.8, 4) is 18.4 Å². The predicted octanol–water partition coefficient (Wildman–Crippen LogP) is 4.35. The van der Waals surface area contributed by atoms with Gasteiger partial charge in [-0.3, -0.25) is 10.1 Å². The van der Waals surface area contributed by atoms with Crippen LogP contribution in [0.2, 0.25) is 0 Å². The van der Waals surface area contributed by atoms with Gasteiger partial charge in [-0.05, 0) is 54.6 Å². The minimum absolute atomic E-state index is 0.187. The third kappa shape index (κ3) is 3.98. The fraction of sp³-hybridized carbons (Fsp3) is 0.357. The number of hydrogen-bond acceptors (Lipinski definition) is 4. The average molecular weight is 488 g/mol. The summed E-state index contributed by atoms with van der Waals surface area (Å²) in [5, 5.41) is 13.8. The molecule has 2 aliphatic heterocycles. The average Bonchev–Trinajstić information content (AvgIpc) is 3.20. The zero-order valence-electron chi connectivity index (χ0n) is 20.1. The standard InChI is InChI=1S/C28H27F2N5O/c1-3-5-9-32-24-15-21-20-13-19(29)14-22(30)26(20)33-27(21)28(35(24)25(36)4-2)17-7-8-23(18(12-17)16-31)34-10-6-11-34/h2,7-8,12-14,24,28,32-33H,3,5-6,9-11,15H2,1H3/t24-,28+/m1/s1. The smallest absolute Gasteiger partial charge is 0.300 e. The predicted molar refractivity (Wildman–Crippen MR) is 134 cm³/mol. The molecule has 0 spiro atoms. The number of nitrogens with zero attached hydrogens (tertiary/aromatic N) is 3. The van der Waals surface area contributed by atoms with Crippen molar-refractivity contribution in [3.63, 3.8) is 0 Å². The van der Waals surface area contributed by atoms with E-state index >= 15 is 0 Å². The first kappa shape index (κ1) is 23.8. The Morgan fingerprint density at radius 2 is 2.08 bits per heavy atom. The molecule has 5 rings (SSSR count). The van der Waals surface area contributed by atoms with E-state index in [0.717, 1.165) is 49.7 Å². The Balaban J connectivity index is 1.70. The van der Waals surface area contributed by atoms with Gasteiger partial charge in [-0.15, -0.1) is 6.42 Å². The largest absolute Gasteiger partial charge is 0.370 e. The molecule has 184 valence electrons. The number of H-pyrrole nitrogens is 1. The number of rotatable bonds is 6. The maximum Gasteiger partial charge on any atom is 0.300 e. The molecule has 0 saturated carbocycles. The minimum atomic E-state index is -0.705. The van der Waals surface area contributed by atoms with Crippen LogP contribution in [0.4, 0.5) is 14.5 Å². The molecule has 8 heteroatoms. The molecule has 0 unspecified atom stereocenters. The molecule has 1 saturated heterocycles. The summed E-state index contributed by atoms with van der Waals surface area (Å²) in [5.41, 5.74) is 3.51. The third-order valence-electron chi connectivity index (χ3n) is 7.17. The Hall–Kier alpha value is -3.88. The van der Waals surface area contributed by atoms with Gasteiger partial charge in [0, 0.05) is 36.7 Å². The van der Waals surface area contributed by atoms with Crippen LogP contribution >= 0.6 is 0 Å². The summed E-state index contributed by atoms with van der Waals surface area (Å²) < 4.78 is 29.0. The number of carbonyl (C=O) groups is 1. The lowest BCUT2D eigenvalue weighted by molar-refractivity contribution is -0.130. The minimum Gasteiger partial charge on any atom is -0.370 e. The Bertz CT molecular complexity index is 1410. The van der Waals surface area contributed by atoms with Crippen LogP contribution in [0.15, 0.2) is 30.3 Å². The number of aromatic amines is 1. The van der Waals surface area contributed by atoms with Crippen LogP contribution in [0, 0.1) is 35.3 Å². The fourth-order valence-electron chi connectivity index (χ4n) is 5.28. The molecule has 2 atom stereocenters. The van der Waals surface area contributed by atoms with E-state index < -0.39 is 29.7 Å². The van der Waals surface area contributed by atoms with E-state index in [1.165, 1.54) is 6.07 Å². The van der Waals surface area contributed by atoms with Crippen molar-refractivity contribution in [1.82, 2.24) is 15.2 Å². The molecule has 0 bridgehead atoms. The van der Waals surface area contributed by atoms with Crippen LogP contribution in [-0.4, -0.2) is 41.6 Å². The molecule has 0 aliphatic carbocycles. The van der Waals surface area contributed by atoms with E-state index in [1.807, 2.05) is 12.1 Å². The highest BCUT2D eigenvalue weighted by atomic mass is 19.1. The molecule has 0 radical (unpaired) electrons. The highest BCUT2D eigenvalue weighted by Crippen LogP contribution is 2.42. The van der Waals surface area contributed by atoms with Crippen LogP contribution in [0.1, 0.15) is 54.6 Å². The number of hydrogen-bond donors (Lipinski definition) is 2. The topological polar surface area (TPSA) is 75.2 Å². The molecule has 6 nitrogen and oxygen atoms in total. The molecule has 3 heterocycles. The van der Waals surface area contributed by atoms with Gasteiger partial charge in [0.25, 0.3) is 5.91 Å². The van der Waals surface area contributed by atoms with Crippen molar-refractivity contribution >= 4 is 22.5 Å². The van der Waals surface area contributed by atoms with Gasteiger partial charge in [0.1, 0.15) is 17.7 Å². The lowest BCUT2D eigenvalue weighted by Gasteiger charge is -2.42. The van der Waals surface area contributed by atoms with E-state index in [2.05, 4.69) is 34.1 Å². The Morgan fingerprint density at radius 1 is 1.28 bits per heavy atom. The molecule has 2 aliphatic rings. The molecule has 2 N–H and O–H groups in total. The fourth-order valence-corrected chi connectivity index (χ4v) is 5.28. The van der Waals surface area contributed by atoms with Gasteiger partial charge in [-0.25, -0.2) is 8.78 Å². The molecule has 3 aromatic rings. The quantitative estimate of drug-likeness (QED) is 0.401. The van der Waals surface area contributed by atoms with Gasteiger partial charge in [-0.2, -0.15) is 5.26 Å². The summed E-state index contributed by atoms with van der Waals surface area (Å²) in [6.07, 6.45) is 8.38. The van der Waals surface area contributed by atoms with Gasteiger partial charge in [0.05, 0.1) is 29.0 Å². The summed E-state index contributed by atoms with van der Waals surface area (Å²) in [6.45, 7) is 4.50. The second kappa shape index (κ2) is 9.64. The number of nitrogens with one attached hydrogen (secondary N) is 2. The first-order valence-electron chi connectivity index (χ1n) is 12.3. The summed E-state index contributed by atoms with van der Waals surface area (Å²) >= 11 is 0. The Kier molecular flexibility index (Phi) is 6.38. The number of unbranched alkanes of at least 4 members (excludes halogenated alkanes) is 1. The van der Waals surface area contributed by atoms with Crippen LogP contribution in [0.25, 0.3) is 10.9 Å². The van der Waals surface area contributed by atoms with Crippen molar-refractivity contribution in [2.45, 2.75) is 44.8 Å². The monoisotopic (exact) mass is 487 g/mol. The summed E-state index contributed by atoms with van der Waals surface area (Å²) in [7, 11) is 0. The molecule has 1 fully saturated rings. The molecule has 1 amide bonds. The number of carbonyl (C=O) groups excluding carboxylic acids is 1. The number of fused-ring (bicyclic) bond motifs is 3. The normalized spacial score (nSPS) is 18.9. The van der Waals surface area contributed by atoms with Crippen molar-refractivity contribution in [2.24, 2.45) is 0 Å². The Labute approximate surface area is 208 Å². The maximum atomic E-state index is 14.8. The number of anilines is 1. The Morgan fingerprint density at radius 3 is 2.75 bits per heavy atom. The number of halogens is 2. The number of terminal acetylenes is 1. The summed E-state index contributed by atoms with van der Waals surface area (Å²) in [5.74, 6) is 0.359. The van der Waals surface area contributed by atoms with Gasteiger partial charge < -0.3 is 14.8 Å². The second-order valence-corrected chi connectivity index (χ2v) is 9.34. The van der Waals surface area contributed by atoms with Crippen molar-refractivity contribution in [3.05, 3.63) is 64.4 Å². The van der Waals surface area contributed by atoms with E-state index in [4.69, 9.17) is 6.42 Å². The molecular formula is C28H27F2N5O. The van der Waals surface area contributed by atoms with E-state index in [9.17, 15) is 18.8 Å². The molecule has 2 aromatic carbocycles. The van der Waals surface area contributed by atoms with Gasteiger partial charge in [0.15, 0.2) is 0 Å². The number of amides is 1. The SMILES string of the molecule is C#CC(=O)N1[C@@H](c2ccc(N3CCC3)c(C#N)c2)c2[nH]c3c(F)cc(F)cc3c2C[C@@H]1NCCCC. The zero-order chi connectivity index (χ0) is 25.4. The molecule has 1 aromatic heterocycles. The summed E-state index contributed by atoms with van der Waals surface area (Å²) in [6, 6.07) is 9.29. The second-order valence-electron chi connectivity index (χ2n) is 9.34.